The first kappa shape index (κ1) is 20.3. The number of amides is 2. The maximum Gasteiger partial charge on any atom is 0.269 e. The van der Waals surface area contributed by atoms with E-state index in [0.717, 1.165) is 24.3 Å². The predicted molar refractivity (Wildman–Crippen MR) is 112 cm³/mol. The second kappa shape index (κ2) is 9.64. The smallest absolute Gasteiger partial charge is 0.269 e. The fraction of sp³-hybridized carbons (Fsp3) is 0.273. The number of nitrogens with zero attached hydrogens (tertiary/aromatic N) is 1. The van der Waals surface area contributed by atoms with Crippen molar-refractivity contribution in [3.8, 4) is 11.5 Å². The number of rotatable bonds is 6. The van der Waals surface area contributed by atoms with Crippen molar-refractivity contribution in [2.45, 2.75) is 13.8 Å². The number of anilines is 1. The van der Waals surface area contributed by atoms with Crippen LogP contribution in [0.25, 0.3) is 6.08 Å². The van der Waals surface area contributed by atoms with Gasteiger partial charge in [-0.15, -0.1) is 0 Å². The minimum absolute atomic E-state index is 0.378. The Morgan fingerprint density at radius 3 is 2.34 bits per heavy atom. The molecule has 0 radical (unpaired) electrons. The van der Waals surface area contributed by atoms with Gasteiger partial charge < -0.3 is 14.4 Å². The van der Waals surface area contributed by atoms with Crippen LogP contribution in [-0.4, -0.2) is 38.1 Å². The van der Waals surface area contributed by atoms with Crippen LogP contribution in [0.1, 0.15) is 29.8 Å². The van der Waals surface area contributed by atoms with Crippen molar-refractivity contribution >= 4 is 23.6 Å². The van der Waals surface area contributed by atoms with Gasteiger partial charge in [0.1, 0.15) is 13.2 Å². The lowest BCUT2D eigenvalue weighted by molar-refractivity contribution is -0.117. The van der Waals surface area contributed by atoms with E-state index < -0.39 is 5.91 Å². The van der Waals surface area contributed by atoms with E-state index >= 15 is 0 Å². The molecular weight excluding hydrogens is 370 g/mol. The van der Waals surface area contributed by atoms with Gasteiger partial charge >= 0.3 is 0 Å². The Hall–Kier alpha value is -3.48. The van der Waals surface area contributed by atoms with Gasteiger partial charge in [-0.1, -0.05) is 6.07 Å². The van der Waals surface area contributed by atoms with Gasteiger partial charge in [-0.25, -0.2) is 0 Å². The van der Waals surface area contributed by atoms with Crippen LogP contribution in [-0.2, 0) is 4.79 Å². The molecule has 7 nitrogen and oxygen atoms in total. The molecule has 1 heterocycles. The molecule has 0 aliphatic carbocycles. The zero-order chi connectivity index (χ0) is 20.6. The topological polar surface area (TPSA) is 79.9 Å². The first-order chi connectivity index (χ1) is 14.1. The number of nitrogens with one attached hydrogen (secondary N) is 2. The zero-order valence-electron chi connectivity index (χ0n) is 16.6. The molecule has 0 bridgehead atoms. The minimum Gasteiger partial charge on any atom is -0.486 e. The Balaban J connectivity index is 1.52. The van der Waals surface area contributed by atoms with E-state index in [9.17, 15) is 9.59 Å². The van der Waals surface area contributed by atoms with Crippen LogP contribution in [0.5, 0.6) is 11.5 Å². The van der Waals surface area contributed by atoms with Gasteiger partial charge in [0.2, 0.25) is 0 Å². The summed E-state index contributed by atoms with van der Waals surface area (Å²) in [6.07, 6.45) is 2.98. The number of benzene rings is 2. The summed E-state index contributed by atoms with van der Waals surface area (Å²) < 4.78 is 11.0. The van der Waals surface area contributed by atoms with E-state index in [2.05, 4.69) is 29.6 Å². The second-order valence-electron chi connectivity index (χ2n) is 6.40. The molecule has 152 valence electrons. The van der Waals surface area contributed by atoms with Gasteiger partial charge in [-0.3, -0.25) is 20.4 Å². The monoisotopic (exact) mass is 395 g/mol. The first-order valence-corrected chi connectivity index (χ1v) is 9.63. The van der Waals surface area contributed by atoms with Crippen LogP contribution in [0.2, 0.25) is 0 Å². The van der Waals surface area contributed by atoms with Crippen molar-refractivity contribution in [2.75, 3.05) is 31.2 Å². The molecule has 0 unspecified atom stereocenters. The third-order valence-corrected chi connectivity index (χ3v) is 4.55. The molecule has 0 fully saturated rings. The summed E-state index contributed by atoms with van der Waals surface area (Å²) in [6.45, 7) is 6.99. The molecule has 0 atom stereocenters. The average molecular weight is 395 g/mol. The van der Waals surface area contributed by atoms with E-state index in [1.807, 2.05) is 18.2 Å². The van der Waals surface area contributed by atoms with Crippen molar-refractivity contribution in [3.05, 3.63) is 59.7 Å². The normalized spacial score (nSPS) is 12.5. The molecule has 1 aliphatic rings. The number of carbonyl (C=O) groups excluding carboxylic acids is 2. The molecule has 3 rings (SSSR count). The molecule has 1 aliphatic heterocycles. The number of hydrogen-bond donors (Lipinski definition) is 2. The van der Waals surface area contributed by atoms with Gasteiger partial charge in [0.15, 0.2) is 11.5 Å². The molecule has 7 heteroatoms. The minimum atomic E-state index is -0.437. The lowest BCUT2D eigenvalue weighted by Crippen LogP contribution is -2.40. The van der Waals surface area contributed by atoms with Crippen molar-refractivity contribution in [3.63, 3.8) is 0 Å². The first-order valence-electron chi connectivity index (χ1n) is 9.63. The largest absolute Gasteiger partial charge is 0.486 e. The Kier molecular flexibility index (Phi) is 6.73. The summed E-state index contributed by atoms with van der Waals surface area (Å²) in [6, 6.07) is 12.7. The number of ether oxygens (including phenoxy) is 2. The molecule has 0 saturated heterocycles. The molecule has 0 aromatic heterocycles. The SMILES string of the molecule is CCN(CC)c1ccc(C(=O)NNC(=O)/C=C/c2ccc3c(c2)OCCO3)cc1. The van der Waals surface area contributed by atoms with Gasteiger partial charge in [-0.05, 0) is 61.9 Å². The summed E-state index contributed by atoms with van der Waals surface area (Å²) >= 11 is 0. The van der Waals surface area contributed by atoms with E-state index in [-0.39, 0.29) is 5.91 Å². The molecule has 2 N–H and O–H groups in total. The van der Waals surface area contributed by atoms with Crippen LogP contribution >= 0.6 is 0 Å². The Labute approximate surface area is 170 Å². The Morgan fingerprint density at radius 2 is 1.66 bits per heavy atom. The number of hydrazine groups is 1. The Morgan fingerprint density at radius 1 is 0.966 bits per heavy atom. The molecule has 2 amide bonds. The van der Waals surface area contributed by atoms with Crippen molar-refractivity contribution in [1.29, 1.82) is 0 Å². The van der Waals surface area contributed by atoms with Crippen molar-refractivity contribution in [2.24, 2.45) is 0 Å². The highest BCUT2D eigenvalue weighted by Gasteiger charge is 2.11. The summed E-state index contributed by atoms with van der Waals surface area (Å²) in [5, 5.41) is 0. The van der Waals surface area contributed by atoms with Gasteiger partial charge in [0, 0.05) is 30.4 Å². The predicted octanol–water partition coefficient (Wildman–Crippen LogP) is 2.78. The van der Waals surface area contributed by atoms with E-state index in [1.54, 1.807) is 30.3 Å². The lowest BCUT2D eigenvalue weighted by atomic mass is 10.2. The van der Waals surface area contributed by atoms with E-state index in [1.165, 1.54) is 6.08 Å². The maximum atomic E-state index is 12.2. The molecule has 29 heavy (non-hydrogen) atoms. The zero-order valence-corrected chi connectivity index (χ0v) is 16.6. The molecule has 2 aromatic carbocycles. The van der Waals surface area contributed by atoms with Gasteiger partial charge in [0.05, 0.1) is 0 Å². The summed E-state index contributed by atoms with van der Waals surface area (Å²) in [7, 11) is 0. The third kappa shape index (κ3) is 5.28. The van der Waals surface area contributed by atoms with Crippen LogP contribution < -0.4 is 25.2 Å². The van der Waals surface area contributed by atoms with Crippen LogP contribution in [0.3, 0.4) is 0 Å². The van der Waals surface area contributed by atoms with Gasteiger partial charge in [-0.2, -0.15) is 0 Å². The summed E-state index contributed by atoms with van der Waals surface area (Å²) in [5.41, 5.74) is 7.11. The van der Waals surface area contributed by atoms with E-state index in [4.69, 9.17) is 9.47 Å². The van der Waals surface area contributed by atoms with Crippen molar-refractivity contribution < 1.29 is 19.1 Å². The molecule has 0 saturated carbocycles. The van der Waals surface area contributed by atoms with E-state index in [0.29, 0.717) is 30.3 Å². The third-order valence-electron chi connectivity index (χ3n) is 4.55. The fourth-order valence-electron chi connectivity index (χ4n) is 2.98. The number of carbonyl (C=O) groups is 2. The molecular formula is C22H25N3O4. The Bertz CT molecular complexity index is 889. The average Bonchev–Trinajstić information content (AvgIpc) is 2.77. The maximum absolute atomic E-state index is 12.2. The highest BCUT2D eigenvalue weighted by Crippen LogP contribution is 2.31. The second-order valence-corrected chi connectivity index (χ2v) is 6.40. The summed E-state index contributed by atoms with van der Waals surface area (Å²) in [4.78, 5) is 26.4. The highest BCUT2D eigenvalue weighted by molar-refractivity contribution is 5.98. The van der Waals surface area contributed by atoms with Crippen LogP contribution in [0.4, 0.5) is 5.69 Å². The number of fused-ring (bicyclic) bond motifs is 1. The molecule has 2 aromatic rings. The van der Waals surface area contributed by atoms with Gasteiger partial charge in [0.25, 0.3) is 11.8 Å². The van der Waals surface area contributed by atoms with Crippen LogP contribution in [0.15, 0.2) is 48.5 Å². The fourth-order valence-corrected chi connectivity index (χ4v) is 2.98. The standard InChI is InChI=1S/C22H25N3O4/c1-3-25(4-2)18-9-7-17(8-10-18)22(27)24-23-21(26)12-6-16-5-11-19-20(15-16)29-14-13-28-19/h5-12,15H,3-4,13-14H2,1-2H3,(H,23,26)(H,24,27)/b12-6+. The lowest BCUT2D eigenvalue weighted by Gasteiger charge is -2.21. The van der Waals surface area contributed by atoms with Crippen molar-refractivity contribution in [1.82, 2.24) is 10.9 Å². The molecule has 0 spiro atoms. The highest BCUT2D eigenvalue weighted by atomic mass is 16.6. The van der Waals surface area contributed by atoms with Crippen LogP contribution in [0, 0.1) is 0 Å². The summed E-state index contributed by atoms with van der Waals surface area (Å²) in [5.74, 6) is 0.530. The number of hydrogen-bond acceptors (Lipinski definition) is 5. The quantitative estimate of drug-likeness (QED) is 0.581.